The Morgan fingerprint density at radius 2 is 1.83 bits per heavy atom. The van der Waals surface area contributed by atoms with E-state index < -0.39 is 0 Å². The van der Waals surface area contributed by atoms with Crippen LogP contribution in [0.25, 0.3) is 0 Å². The molecule has 162 valence electrons. The lowest BCUT2D eigenvalue weighted by Crippen LogP contribution is -2.53. The van der Waals surface area contributed by atoms with Crippen LogP contribution in [0.15, 0.2) is 53.5 Å². The molecule has 1 amide bonds. The first kappa shape index (κ1) is 23.8. The second kappa shape index (κ2) is 11.6. The van der Waals surface area contributed by atoms with Crippen LogP contribution in [0.1, 0.15) is 12.5 Å². The molecule has 3 N–H and O–H groups in total. The highest BCUT2D eigenvalue weighted by atomic mass is 127. The Bertz CT molecular complexity index is 866. The lowest BCUT2D eigenvalue weighted by molar-refractivity contribution is -0.115. The summed E-state index contributed by atoms with van der Waals surface area (Å²) in [5.74, 6) is 0.902. The fourth-order valence-electron chi connectivity index (χ4n) is 3.46. The molecule has 7 nitrogen and oxygen atoms in total. The predicted octanol–water partition coefficient (Wildman–Crippen LogP) is 2.91. The molecule has 8 heteroatoms. The van der Waals surface area contributed by atoms with Gasteiger partial charge in [-0.1, -0.05) is 31.2 Å². The number of rotatable bonds is 5. The highest BCUT2D eigenvalue weighted by Crippen LogP contribution is 2.27. The number of para-hydroxylation sites is 2. The van der Waals surface area contributed by atoms with Gasteiger partial charge in [0, 0.05) is 38.9 Å². The van der Waals surface area contributed by atoms with Crippen LogP contribution in [-0.4, -0.2) is 61.6 Å². The molecule has 0 bridgehead atoms. The number of carbonyl (C=O) groups is 1. The summed E-state index contributed by atoms with van der Waals surface area (Å²) in [5, 5.41) is 16.1. The zero-order valence-corrected chi connectivity index (χ0v) is 19.8. The summed E-state index contributed by atoms with van der Waals surface area (Å²) in [5.41, 5.74) is 2.85. The molecule has 1 aliphatic heterocycles. The van der Waals surface area contributed by atoms with Crippen LogP contribution in [-0.2, 0) is 11.2 Å². The summed E-state index contributed by atoms with van der Waals surface area (Å²) in [7, 11) is 1.72. The molecule has 0 spiro atoms. The van der Waals surface area contributed by atoms with Gasteiger partial charge in [-0.25, -0.2) is 0 Å². The van der Waals surface area contributed by atoms with E-state index in [1.165, 1.54) is 5.56 Å². The van der Waals surface area contributed by atoms with Crippen molar-refractivity contribution in [2.75, 3.05) is 50.0 Å². The number of aryl methyl sites for hydroxylation is 1. The summed E-state index contributed by atoms with van der Waals surface area (Å²) < 4.78 is 0. The highest BCUT2D eigenvalue weighted by Gasteiger charge is 2.21. The van der Waals surface area contributed by atoms with Crippen LogP contribution in [0.2, 0.25) is 0 Å². The normalized spacial score (nSPS) is 14.1. The molecule has 3 rings (SSSR count). The van der Waals surface area contributed by atoms with Gasteiger partial charge in [-0.15, -0.1) is 24.0 Å². The number of hydrogen-bond donors (Lipinski definition) is 3. The number of aliphatic imine (C=N–C) groups is 1. The Balaban J connectivity index is 0.00000320. The van der Waals surface area contributed by atoms with E-state index in [1.807, 2.05) is 42.5 Å². The van der Waals surface area contributed by atoms with Crippen LogP contribution in [0, 0.1) is 0 Å². The first-order valence-electron chi connectivity index (χ1n) is 9.98. The van der Waals surface area contributed by atoms with E-state index in [0.717, 1.165) is 44.0 Å². The lowest BCUT2D eigenvalue weighted by Gasteiger charge is -2.37. The average Bonchev–Trinajstić information content (AvgIpc) is 2.75. The molecule has 1 aliphatic rings. The summed E-state index contributed by atoms with van der Waals surface area (Å²) in [6.45, 7) is 5.30. The van der Waals surface area contributed by atoms with E-state index in [-0.39, 0.29) is 36.4 Å². The Morgan fingerprint density at radius 1 is 1.10 bits per heavy atom. The Morgan fingerprint density at radius 3 is 2.50 bits per heavy atom. The van der Waals surface area contributed by atoms with Crippen molar-refractivity contribution in [1.29, 1.82) is 0 Å². The quantitative estimate of drug-likeness (QED) is 0.319. The van der Waals surface area contributed by atoms with Crippen LogP contribution in [0.3, 0.4) is 0 Å². The molecule has 1 heterocycles. The summed E-state index contributed by atoms with van der Waals surface area (Å²) in [4.78, 5) is 20.9. The minimum absolute atomic E-state index is 0. The zero-order valence-electron chi connectivity index (χ0n) is 17.5. The standard InChI is InChI=1S/C22H29N5O2.HI/c1-3-17-7-6-8-18(15-17)25-21(29)16-24-22(23-2)27-13-11-26(12-14-27)19-9-4-5-10-20(19)28;/h4-10,15,28H,3,11-14,16H2,1-2H3,(H,23,24)(H,25,29);1H. The second-order valence-electron chi connectivity index (χ2n) is 6.97. The fraction of sp³-hybridized carbons (Fsp3) is 0.364. The smallest absolute Gasteiger partial charge is 0.243 e. The van der Waals surface area contributed by atoms with Gasteiger partial charge >= 0.3 is 0 Å². The molecule has 1 fully saturated rings. The minimum atomic E-state index is -0.104. The zero-order chi connectivity index (χ0) is 20.6. The monoisotopic (exact) mass is 523 g/mol. The predicted molar refractivity (Wildman–Crippen MR) is 133 cm³/mol. The number of guanidine groups is 1. The SMILES string of the molecule is CCc1cccc(NC(=O)CNC(=NC)N2CCN(c3ccccc3O)CC2)c1.I. The first-order chi connectivity index (χ1) is 14.1. The Kier molecular flexibility index (Phi) is 9.22. The lowest BCUT2D eigenvalue weighted by atomic mass is 10.1. The first-order valence-corrected chi connectivity index (χ1v) is 9.98. The van der Waals surface area contributed by atoms with Gasteiger partial charge in [0.15, 0.2) is 5.96 Å². The molecular formula is C22H30IN5O2. The van der Waals surface area contributed by atoms with Crippen molar-refractivity contribution >= 4 is 47.2 Å². The Hall–Kier alpha value is -2.49. The molecule has 1 saturated heterocycles. The maximum absolute atomic E-state index is 12.3. The van der Waals surface area contributed by atoms with Crippen LogP contribution >= 0.6 is 24.0 Å². The number of benzene rings is 2. The van der Waals surface area contributed by atoms with Gasteiger partial charge in [0.25, 0.3) is 0 Å². The van der Waals surface area contributed by atoms with E-state index >= 15 is 0 Å². The van der Waals surface area contributed by atoms with Gasteiger partial charge < -0.3 is 25.5 Å². The summed E-state index contributed by atoms with van der Waals surface area (Å²) in [6.07, 6.45) is 0.932. The second-order valence-corrected chi connectivity index (χ2v) is 6.97. The molecular weight excluding hydrogens is 493 g/mol. The maximum atomic E-state index is 12.3. The molecule has 0 atom stereocenters. The van der Waals surface area contributed by atoms with Gasteiger partial charge in [0.1, 0.15) is 5.75 Å². The summed E-state index contributed by atoms with van der Waals surface area (Å²) in [6, 6.07) is 15.3. The number of hydrogen-bond acceptors (Lipinski definition) is 4. The van der Waals surface area contributed by atoms with Gasteiger partial charge in [-0.3, -0.25) is 9.79 Å². The van der Waals surface area contributed by atoms with Crippen molar-refractivity contribution in [2.45, 2.75) is 13.3 Å². The number of piperazine rings is 1. The minimum Gasteiger partial charge on any atom is -0.506 e. The number of nitrogens with one attached hydrogen (secondary N) is 2. The largest absolute Gasteiger partial charge is 0.506 e. The Labute approximate surface area is 195 Å². The molecule has 2 aromatic carbocycles. The highest BCUT2D eigenvalue weighted by molar-refractivity contribution is 14.0. The molecule has 0 saturated carbocycles. The van der Waals surface area contributed by atoms with Crippen molar-refractivity contribution in [3.05, 3.63) is 54.1 Å². The van der Waals surface area contributed by atoms with Crippen LogP contribution < -0.4 is 15.5 Å². The number of phenols is 1. The number of amides is 1. The van der Waals surface area contributed by atoms with Gasteiger partial charge in [-0.2, -0.15) is 0 Å². The van der Waals surface area contributed by atoms with Crippen molar-refractivity contribution < 1.29 is 9.90 Å². The maximum Gasteiger partial charge on any atom is 0.243 e. The number of nitrogens with zero attached hydrogens (tertiary/aromatic N) is 3. The number of aromatic hydroxyl groups is 1. The number of carbonyl (C=O) groups excluding carboxylic acids is 1. The van der Waals surface area contributed by atoms with Gasteiger partial charge in [0.05, 0.1) is 12.2 Å². The molecule has 0 aliphatic carbocycles. The van der Waals surface area contributed by atoms with E-state index in [4.69, 9.17) is 0 Å². The molecule has 0 aromatic heterocycles. The third-order valence-corrected chi connectivity index (χ3v) is 5.04. The molecule has 0 unspecified atom stereocenters. The van der Waals surface area contributed by atoms with Crippen molar-refractivity contribution in [3.8, 4) is 5.75 Å². The van der Waals surface area contributed by atoms with Gasteiger partial charge in [0.2, 0.25) is 5.91 Å². The van der Waals surface area contributed by atoms with E-state index in [9.17, 15) is 9.90 Å². The number of anilines is 2. The van der Waals surface area contributed by atoms with Crippen molar-refractivity contribution in [1.82, 2.24) is 10.2 Å². The molecule has 2 aromatic rings. The average molecular weight is 523 g/mol. The van der Waals surface area contributed by atoms with Crippen LogP contribution in [0.5, 0.6) is 5.75 Å². The molecule has 30 heavy (non-hydrogen) atoms. The van der Waals surface area contributed by atoms with E-state index in [1.54, 1.807) is 13.1 Å². The number of phenolic OH excluding ortho intramolecular Hbond substituents is 1. The van der Waals surface area contributed by atoms with E-state index in [2.05, 4.69) is 32.3 Å². The third kappa shape index (κ3) is 6.25. The van der Waals surface area contributed by atoms with Crippen molar-refractivity contribution in [3.63, 3.8) is 0 Å². The fourth-order valence-corrected chi connectivity index (χ4v) is 3.46. The third-order valence-electron chi connectivity index (χ3n) is 5.04. The molecule has 0 radical (unpaired) electrons. The summed E-state index contributed by atoms with van der Waals surface area (Å²) >= 11 is 0. The number of halogens is 1. The van der Waals surface area contributed by atoms with Crippen LogP contribution in [0.4, 0.5) is 11.4 Å². The van der Waals surface area contributed by atoms with Gasteiger partial charge in [-0.05, 0) is 36.2 Å². The van der Waals surface area contributed by atoms with Crippen molar-refractivity contribution in [2.24, 2.45) is 4.99 Å². The van der Waals surface area contributed by atoms with E-state index in [0.29, 0.717) is 11.7 Å². The topological polar surface area (TPSA) is 80.2 Å².